The van der Waals surface area contributed by atoms with Crippen LogP contribution in [-0.4, -0.2) is 23.9 Å². The van der Waals surface area contributed by atoms with E-state index in [9.17, 15) is 9.59 Å². The quantitative estimate of drug-likeness (QED) is 0.725. The minimum atomic E-state index is -0.754. The Balaban J connectivity index is 2.90. The molecule has 0 aromatic heterocycles. The van der Waals surface area contributed by atoms with Gasteiger partial charge < -0.3 is 5.73 Å². The zero-order valence-corrected chi connectivity index (χ0v) is 8.15. The molecule has 1 aromatic rings. The van der Waals surface area contributed by atoms with Gasteiger partial charge in [-0.1, -0.05) is 17.7 Å². The first-order valence-corrected chi connectivity index (χ1v) is 4.16. The van der Waals surface area contributed by atoms with Gasteiger partial charge in [0, 0.05) is 12.6 Å². The number of hydrogen-bond acceptors (Lipinski definition) is 2. The lowest BCUT2D eigenvalue weighted by atomic mass is 10.1. The standard InChI is InChI=1S/C10H12N2O2/c1-7-3-5-8(6-4-7)9(13)12(2)10(11)14/h3-6H,1-2H3,(H2,11,14). The largest absolute Gasteiger partial charge is 0.351 e. The summed E-state index contributed by atoms with van der Waals surface area (Å²) in [5.74, 6) is -0.391. The topological polar surface area (TPSA) is 63.4 Å². The Morgan fingerprint density at radius 1 is 1.21 bits per heavy atom. The van der Waals surface area contributed by atoms with Crippen molar-refractivity contribution in [3.63, 3.8) is 0 Å². The van der Waals surface area contributed by atoms with Crippen molar-refractivity contribution in [3.8, 4) is 0 Å². The van der Waals surface area contributed by atoms with Crippen LogP contribution in [-0.2, 0) is 0 Å². The highest BCUT2D eigenvalue weighted by molar-refractivity contribution is 6.03. The van der Waals surface area contributed by atoms with E-state index in [1.165, 1.54) is 7.05 Å². The highest BCUT2D eigenvalue weighted by atomic mass is 16.2. The monoisotopic (exact) mass is 192 g/mol. The molecule has 2 N–H and O–H groups in total. The number of imide groups is 1. The van der Waals surface area contributed by atoms with E-state index in [0.717, 1.165) is 10.5 Å². The maximum Gasteiger partial charge on any atom is 0.321 e. The molecule has 0 aliphatic rings. The average molecular weight is 192 g/mol. The molecule has 1 rings (SSSR count). The zero-order chi connectivity index (χ0) is 10.7. The third-order valence-electron chi connectivity index (χ3n) is 1.93. The molecule has 0 saturated carbocycles. The number of amides is 3. The summed E-state index contributed by atoms with van der Waals surface area (Å²) in [6.07, 6.45) is 0. The first-order valence-electron chi connectivity index (χ1n) is 4.16. The van der Waals surface area contributed by atoms with Gasteiger partial charge in [-0.05, 0) is 19.1 Å². The lowest BCUT2D eigenvalue weighted by molar-refractivity contribution is 0.0838. The number of urea groups is 1. The Bertz CT molecular complexity index is 357. The Kier molecular flexibility index (Phi) is 2.86. The van der Waals surface area contributed by atoms with Gasteiger partial charge in [-0.25, -0.2) is 4.79 Å². The van der Waals surface area contributed by atoms with Crippen molar-refractivity contribution in [1.29, 1.82) is 0 Å². The molecule has 0 bridgehead atoms. The van der Waals surface area contributed by atoms with Crippen LogP contribution in [0.1, 0.15) is 15.9 Å². The fourth-order valence-corrected chi connectivity index (χ4v) is 0.990. The number of carbonyl (C=O) groups excluding carboxylic acids is 2. The minimum Gasteiger partial charge on any atom is -0.351 e. The van der Waals surface area contributed by atoms with Gasteiger partial charge >= 0.3 is 6.03 Å². The molecule has 1 aromatic carbocycles. The van der Waals surface area contributed by atoms with Crippen LogP contribution in [0.15, 0.2) is 24.3 Å². The van der Waals surface area contributed by atoms with E-state index >= 15 is 0 Å². The third kappa shape index (κ3) is 2.10. The van der Waals surface area contributed by atoms with E-state index < -0.39 is 11.9 Å². The van der Waals surface area contributed by atoms with Crippen LogP contribution in [0, 0.1) is 6.92 Å². The summed E-state index contributed by atoms with van der Waals surface area (Å²) < 4.78 is 0. The zero-order valence-electron chi connectivity index (χ0n) is 8.15. The Labute approximate surface area is 82.3 Å². The summed E-state index contributed by atoms with van der Waals surface area (Å²) in [5, 5.41) is 0. The van der Waals surface area contributed by atoms with Gasteiger partial charge in [0.25, 0.3) is 5.91 Å². The first kappa shape index (κ1) is 10.2. The van der Waals surface area contributed by atoms with Crippen LogP contribution in [0.4, 0.5) is 4.79 Å². The van der Waals surface area contributed by atoms with E-state index in [2.05, 4.69) is 0 Å². The number of rotatable bonds is 1. The van der Waals surface area contributed by atoms with E-state index in [1.54, 1.807) is 12.1 Å². The molecule has 0 saturated heterocycles. The van der Waals surface area contributed by atoms with Crippen molar-refractivity contribution in [2.45, 2.75) is 6.92 Å². The average Bonchev–Trinajstić information content (AvgIpc) is 2.16. The number of benzene rings is 1. The highest BCUT2D eigenvalue weighted by Crippen LogP contribution is 2.05. The number of carbonyl (C=O) groups is 2. The number of aryl methyl sites for hydroxylation is 1. The van der Waals surface area contributed by atoms with Crippen LogP contribution >= 0.6 is 0 Å². The van der Waals surface area contributed by atoms with Gasteiger partial charge in [-0.3, -0.25) is 9.69 Å². The van der Waals surface area contributed by atoms with Gasteiger partial charge in [0.1, 0.15) is 0 Å². The smallest absolute Gasteiger partial charge is 0.321 e. The van der Waals surface area contributed by atoms with Crippen molar-refractivity contribution in [2.24, 2.45) is 5.73 Å². The highest BCUT2D eigenvalue weighted by Gasteiger charge is 2.14. The molecule has 0 aliphatic carbocycles. The minimum absolute atomic E-state index is 0.391. The Hall–Kier alpha value is -1.84. The second-order valence-electron chi connectivity index (χ2n) is 3.07. The predicted octanol–water partition coefficient (Wildman–Crippen LogP) is 1.15. The molecule has 4 heteroatoms. The number of hydrogen-bond donors (Lipinski definition) is 1. The molecular formula is C10H12N2O2. The summed E-state index contributed by atoms with van der Waals surface area (Å²) >= 11 is 0. The maximum atomic E-state index is 11.5. The molecule has 0 radical (unpaired) electrons. The third-order valence-corrected chi connectivity index (χ3v) is 1.93. The normalized spacial score (nSPS) is 9.57. The molecule has 4 nitrogen and oxygen atoms in total. The Morgan fingerprint density at radius 2 is 1.71 bits per heavy atom. The SMILES string of the molecule is Cc1ccc(C(=O)N(C)C(N)=O)cc1. The lowest BCUT2D eigenvalue weighted by Gasteiger charge is -2.11. The molecule has 14 heavy (non-hydrogen) atoms. The van der Waals surface area contributed by atoms with Gasteiger partial charge in [-0.2, -0.15) is 0 Å². The molecule has 74 valence electrons. The molecule has 3 amide bonds. The Morgan fingerprint density at radius 3 is 2.14 bits per heavy atom. The van der Waals surface area contributed by atoms with Crippen LogP contribution < -0.4 is 5.73 Å². The summed E-state index contributed by atoms with van der Waals surface area (Å²) in [7, 11) is 1.35. The molecular weight excluding hydrogens is 180 g/mol. The van der Waals surface area contributed by atoms with Gasteiger partial charge in [0.2, 0.25) is 0 Å². The van der Waals surface area contributed by atoms with E-state index in [1.807, 2.05) is 19.1 Å². The number of primary amides is 1. The van der Waals surface area contributed by atoms with Crippen molar-refractivity contribution < 1.29 is 9.59 Å². The summed E-state index contributed by atoms with van der Waals surface area (Å²) in [6.45, 7) is 1.92. The molecule has 0 atom stereocenters. The fourth-order valence-electron chi connectivity index (χ4n) is 0.990. The molecule has 0 aliphatic heterocycles. The van der Waals surface area contributed by atoms with Gasteiger partial charge in [0.15, 0.2) is 0 Å². The second-order valence-corrected chi connectivity index (χ2v) is 3.07. The fraction of sp³-hybridized carbons (Fsp3) is 0.200. The van der Waals surface area contributed by atoms with Crippen molar-refractivity contribution in [1.82, 2.24) is 4.90 Å². The first-order chi connectivity index (χ1) is 6.52. The maximum absolute atomic E-state index is 11.5. The molecule has 0 fully saturated rings. The van der Waals surface area contributed by atoms with E-state index in [4.69, 9.17) is 5.73 Å². The van der Waals surface area contributed by atoms with Gasteiger partial charge in [-0.15, -0.1) is 0 Å². The van der Waals surface area contributed by atoms with Gasteiger partial charge in [0.05, 0.1) is 0 Å². The van der Waals surface area contributed by atoms with Crippen LogP contribution in [0.25, 0.3) is 0 Å². The van der Waals surface area contributed by atoms with Crippen LogP contribution in [0.2, 0.25) is 0 Å². The predicted molar refractivity (Wildman–Crippen MR) is 52.9 cm³/mol. The summed E-state index contributed by atoms with van der Waals surface area (Å²) in [4.78, 5) is 23.1. The molecule has 0 unspecified atom stereocenters. The van der Waals surface area contributed by atoms with Crippen LogP contribution in [0.3, 0.4) is 0 Å². The van der Waals surface area contributed by atoms with Crippen LogP contribution in [0.5, 0.6) is 0 Å². The van der Waals surface area contributed by atoms with Crippen molar-refractivity contribution >= 4 is 11.9 Å². The number of nitrogens with zero attached hydrogens (tertiary/aromatic N) is 1. The number of nitrogens with two attached hydrogens (primary N) is 1. The molecule has 0 heterocycles. The van der Waals surface area contributed by atoms with E-state index in [0.29, 0.717) is 5.56 Å². The summed E-state index contributed by atoms with van der Waals surface area (Å²) in [5.41, 5.74) is 6.48. The van der Waals surface area contributed by atoms with E-state index in [-0.39, 0.29) is 0 Å². The lowest BCUT2D eigenvalue weighted by Crippen LogP contribution is -2.37. The molecule has 0 spiro atoms. The second kappa shape index (κ2) is 3.91. The van der Waals surface area contributed by atoms with Crippen molar-refractivity contribution in [3.05, 3.63) is 35.4 Å². The summed E-state index contributed by atoms with van der Waals surface area (Å²) in [6, 6.07) is 6.19. The van der Waals surface area contributed by atoms with Crippen molar-refractivity contribution in [2.75, 3.05) is 7.05 Å².